The number of fused-ring (bicyclic) bond motifs is 3. The average Bonchev–Trinajstić information content (AvgIpc) is 3.35. The van der Waals surface area contributed by atoms with Crippen LogP contribution in [0.4, 0.5) is 0 Å². The molecule has 1 aliphatic rings. The van der Waals surface area contributed by atoms with E-state index in [-0.39, 0.29) is 0 Å². The number of benzene rings is 1. The maximum atomic E-state index is 5.96. The van der Waals surface area contributed by atoms with Crippen molar-refractivity contribution in [2.45, 2.75) is 13.3 Å². The van der Waals surface area contributed by atoms with Crippen molar-refractivity contribution in [2.24, 2.45) is 7.05 Å². The van der Waals surface area contributed by atoms with Crippen LogP contribution in [0.15, 0.2) is 36.7 Å². The molecule has 0 amide bonds. The van der Waals surface area contributed by atoms with Crippen LogP contribution in [0.1, 0.15) is 12.5 Å². The molecule has 5 rings (SSSR count). The van der Waals surface area contributed by atoms with E-state index in [1.807, 2.05) is 36.3 Å². The number of nitrogens with zero attached hydrogens (tertiary/aromatic N) is 4. The molecule has 0 spiro atoms. The molecule has 1 fully saturated rings. The van der Waals surface area contributed by atoms with Gasteiger partial charge in [0.1, 0.15) is 18.0 Å². The lowest BCUT2D eigenvalue weighted by Gasteiger charge is -2.26. The van der Waals surface area contributed by atoms with Crippen molar-refractivity contribution in [1.29, 1.82) is 0 Å². The van der Waals surface area contributed by atoms with Gasteiger partial charge in [-0.05, 0) is 41.8 Å². The second kappa shape index (κ2) is 8.08. The maximum absolute atomic E-state index is 5.96. The predicted molar refractivity (Wildman–Crippen MR) is 118 cm³/mol. The molecular formula is C23H27N5O2. The van der Waals surface area contributed by atoms with Crippen LogP contribution < -0.4 is 4.74 Å². The van der Waals surface area contributed by atoms with E-state index in [1.54, 1.807) is 0 Å². The van der Waals surface area contributed by atoms with Crippen LogP contribution in [-0.4, -0.2) is 64.1 Å². The summed E-state index contributed by atoms with van der Waals surface area (Å²) in [6.07, 6.45) is 4.67. The van der Waals surface area contributed by atoms with Gasteiger partial charge < -0.3 is 14.5 Å². The molecular weight excluding hydrogens is 378 g/mol. The predicted octanol–water partition coefficient (Wildman–Crippen LogP) is 3.39. The fourth-order valence-corrected chi connectivity index (χ4v) is 4.30. The summed E-state index contributed by atoms with van der Waals surface area (Å²) in [7, 11) is 1.98. The highest BCUT2D eigenvalue weighted by Crippen LogP contribution is 2.34. The Morgan fingerprint density at radius 2 is 1.93 bits per heavy atom. The van der Waals surface area contributed by atoms with Crippen molar-refractivity contribution in [3.05, 3.63) is 42.2 Å². The number of hydrogen-bond donors (Lipinski definition) is 1. The van der Waals surface area contributed by atoms with Crippen molar-refractivity contribution in [3.8, 4) is 17.0 Å². The Bertz CT molecular complexity index is 1160. The highest BCUT2D eigenvalue weighted by atomic mass is 16.5. The molecule has 7 nitrogen and oxygen atoms in total. The van der Waals surface area contributed by atoms with E-state index in [2.05, 4.69) is 39.0 Å². The van der Waals surface area contributed by atoms with Crippen molar-refractivity contribution >= 4 is 21.9 Å². The summed E-state index contributed by atoms with van der Waals surface area (Å²) in [6, 6.07) is 8.34. The van der Waals surface area contributed by atoms with Crippen LogP contribution in [0.5, 0.6) is 5.75 Å². The number of hydrogen-bond acceptors (Lipinski definition) is 5. The van der Waals surface area contributed by atoms with Gasteiger partial charge in [0.15, 0.2) is 0 Å². The Hall–Kier alpha value is -2.90. The summed E-state index contributed by atoms with van der Waals surface area (Å²) < 4.78 is 13.3. The minimum atomic E-state index is 0.689. The summed E-state index contributed by atoms with van der Waals surface area (Å²) in [5.41, 5.74) is 5.56. The molecule has 3 aromatic heterocycles. The number of aromatic amines is 1. The molecule has 4 aromatic rings. The Morgan fingerprint density at radius 1 is 1.13 bits per heavy atom. The molecule has 30 heavy (non-hydrogen) atoms. The van der Waals surface area contributed by atoms with Gasteiger partial charge in [0, 0.05) is 43.7 Å². The summed E-state index contributed by atoms with van der Waals surface area (Å²) in [4.78, 5) is 10.5. The van der Waals surface area contributed by atoms with E-state index < -0.39 is 0 Å². The molecule has 1 N–H and O–H groups in total. The minimum Gasteiger partial charge on any atom is -0.492 e. The second-order valence-corrected chi connectivity index (χ2v) is 7.71. The Morgan fingerprint density at radius 3 is 2.70 bits per heavy atom. The quantitative estimate of drug-likeness (QED) is 0.533. The second-order valence-electron chi connectivity index (χ2n) is 7.71. The Labute approximate surface area is 175 Å². The first-order valence-electron chi connectivity index (χ1n) is 10.6. The van der Waals surface area contributed by atoms with E-state index in [0.29, 0.717) is 6.61 Å². The SMILES string of the molecule is CCc1c(-c2ccc(OCCN3CCOCC3)cc2)[nH]c2ncc3cnn(C)c3c12. The molecule has 4 heterocycles. The molecule has 1 aromatic carbocycles. The lowest BCUT2D eigenvalue weighted by Crippen LogP contribution is -2.38. The van der Waals surface area contributed by atoms with E-state index in [1.165, 1.54) is 5.56 Å². The lowest BCUT2D eigenvalue weighted by atomic mass is 10.0. The fraction of sp³-hybridized carbons (Fsp3) is 0.391. The zero-order valence-electron chi connectivity index (χ0n) is 17.5. The van der Waals surface area contributed by atoms with Crippen LogP contribution in [0.3, 0.4) is 0 Å². The lowest BCUT2D eigenvalue weighted by molar-refractivity contribution is 0.0322. The number of aryl methyl sites for hydroxylation is 2. The summed E-state index contributed by atoms with van der Waals surface area (Å²) in [5, 5.41) is 6.64. The van der Waals surface area contributed by atoms with Gasteiger partial charge >= 0.3 is 0 Å². The van der Waals surface area contributed by atoms with Crippen molar-refractivity contribution in [3.63, 3.8) is 0 Å². The van der Waals surface area contributed by atoms with Crippen LogP contribution in [0.2, 0.25) is 0 Å². The summed E-state index contributed by atoms with van der Waals surface area (Å²) >= 11 is 0. The number of morpholine rings is 1. The van der Waals surface area contributed by atoms with Gasteiger partial charge in [-0.1, -0.05) is 6.92 Å². The van der Waals surface area contributed by atoms with Crippen molar-refractivity contribution in [1.82, 2.24) is 24.6 Å². The van der Waals surface area contributed by atoms with Crippen molar-refractivity contribution in [2.75, 3.05) is 39.5 Å². The maximum Gasteiger partial charge on any atom is 0.140 e. The monoisotopic (exact) mass is 405 g/mol. The van der Waals surface area contributed by atoms with Gasteiger partial charge in [0.2, 0.25) is 0 Å². The average molecular weight is 406 g/mol. The molecule has 1 aliphatic heterocycles. The van der Waals surface area contributed by atoms with E-state index >= 15 is 0 Å². The third-order valence-corrected chi connectivity index (χ3v) is 5.90. The minimum absolute atomic E-state index is 0.689. The topological polar surface area (TPSA) is 68.2 Å². The molecule has 0 bridgehead atoms. The number of pyridine rings is 1. The van der Waals surface area contributed by atoms with E-state index in [0.717, 1.165) is 78.2 Å². The molecule has 0 atom stereocenters. The number of nitrogens with one attached hydrogen (secondary N) is 1. The molecule has 0 aliphatic carbocycles. The number of aromatic nitrogens is 4. The molecule has 7 heteroatoms. The van der Waals surface area contributed by atoms with Gasteiger partial charge in [-0.2, -0.15) is 5.10 Å². The molecule has 0 unspecified atom stereocenters. The zero-order valence-corrected chi connectivity index (χ0v) is 17.5. The standard InChI is InChI=1S/C23H27N5O2/c1-3-19-20-22-17(15-25-27(22)2)14-24-23(20)26-21(19)16-4-6-18(7-5-16)30-13-10-28-8-11-29-12-9-28/h4-7,14-15H,3,8-13H2,1-2H3,(H,24,26). The third kappa shape index (κ3) is 3.44. The van der Waals surface area contributed by atoms with E-state index in [4.69, 9.17) is 9.47 Å². The summed E-state index contributed by atoms with van der Waals surface area (Å²) in [5.74, 6) is 0.897. The fourth-order valence-electron chi connectivity index (χ4n) is 4.30. The first kappa shape index (κ1) is 19.1. The first-order chi connectivity index (χ1) is 14.7. The zero-order chi connectivity index (χ0) is 20.5. The van der Waals surface area contributed by atoms with Crippen molar-refractivity contribution < 1.29 is 9.47 Å². The van der Waals surface area contributed by atoms with Gasteiger partial charge in [0.05, 0.1) is 30.6 Å². The van der Waals surface area contributed by atoms with Crippen LogP contribution in [0.25, 0.3) is 33.2 Å². The van der Waals surface area contributed by atoms with Gasteiger partial charge in [0.25, 0.3) is 0 Å². The molecule has 156 valence electrons. The van der Waals surface area contributed by atoms with Crippen LogP contribution in [0, 0.1) is 0 Å². The van der Waals surface area contributed by atoms with Gasteiger partial charge in [-0.25, -0.2) is 4.98 Å². The van der Waals surface area contributed by atoms with Crippen LogP contribution in [-0.2, 0) is 18.2 Å². The number of H-pyrrole nitrogens is 1. The third-order valence-electron chi connectivity index (χ3n) is 5.90. The number of ether oxygens (including phenoxy) is 2. The number of rotatable bonds is 6. The first-order valence-corrected chi connectivity index (χ1v) is 10.6. The molecule has 1 saturated heterocycles. The Balaban J connectivity index is 1.38. The molecule has 0 radical (unpaired) electrons. The van der Waals surface area contributed by atoms with E-state index in [9.17, 15) is 0 Å². The highest BCUT2D eigenvalue weighted by Gasteiger charge is 2.17. The largest absolute Gasteiger partial charge is 0.492 e. The molecule has 0 saturated carbocycles. The smallest absolute Gasteiger partial charge is 0.140 e. The normalized spacial score (nSPS) is 15.3. The van der Waals surface area contributed by atoms with Gasteiger partial charge in [-0.15, -0.1) is 0 Å². The summed E-state index contributed by atoms with van der Waals surface area (Å²) in [6.45, 7) is 7.41. The van der Waals surface area contributed by atoms with Gasteiger partial charge in [-0.3, -0.25) is 9.58 Å². The highest BCUT2D eigenvalue weighted by molar-refractivity contribution is 6.06. The Kier molecular flexibility index (Phi) is 5.14. The van der Waals surface area contributed by atoms with Crippen LogP contribution >= 0.6 is 0 Å².